The molecule has 1 aliphatic rings. The second kappa shape index (κ2) is 6.40. The van der Waals surface area contributed by atoms with E-state index in [0.29, 0.717) is 6.04 Å². The van der Waals surface area contributed by atoms with E-state index in [-0.39, 0.29) is 11.8 Å². The third kappa shape index (κ3) is 3.04. The molecule has 0 saturated heterocycles. The van der Waals surface area contributed by atoms with Crippen molar-refractivity contribution in [3.05, 3.63) is 34.9 Å². The molecule has 3 heteroatoms. The number of hydrogen-bond acceptors (Lipinski definition) is 2. The fourth-order valence-corrected chi connectivity index (χ4v) is 3.26. The van der Waals surface area contributed by atoms with Crippen LogP contribution < -0.4 is 5.73 Å². The summed E-state index contributed by atoms with van der Waals surface area (Å²) < 4.78 is 0. The van der Waals surface area contributed by atoms with Crippen LogP contribution in [0.4, 0.5) is 0 Å². The number of hydrogen-bond donors (Lipinski definition) is 1. The van der Waals surface area contributed by atoms with Crippen molar-refractivity contribution >= 4 is 5.91 Å². The Kier molecular flexibility index (Phi) is 4.81. The van der Waals surface area contributed by atoms with Gasteiger partial charge >= 0.3 is 0 Å². The van der Waals surface area contributed by atoms with Gasteiger partial charge in [0.25, 0.3) is 0 Å². The molecular formula is C17H26N2O. The Labute approximate surface area is 122 Å². The van der Waals surface area contributed by atoms with Crippen LogP contribution in [-0.2, 0) is 17.6 Å². The van der Waals surface area contributed by atoms with Gasteiger partial charge in [-0.2, -0.15) is 0 Å². The summed E-state index contributed by atoms with van der Waals surface area (Å²) in [5, 5.41) is 0. The number of fused-ring (bicyclic) bond motifs is 1. The zero-order valence-electron chi connectivity index (χ0n) is 12.9. The molecular weight excluding hydrogens is 248 g/mol. The summed E-state index contributed by atoms with van der Waals surface area (Å²) in [6.07, 6.45) is 2.68. The summed E-state index contributed by atoms with van der Waals surface area (Å²) in [6.45, 7) is 8.81. The number of rotatable bonds is 5. The molecule has 1 amide bonds. The monoisotopic (exact) mass is 274 g/mol. The molecule has 0 radical (unpaired) electrons. The van der Waals surface area contributed by atoms with Crippen LogP contribution in [0.3, 0.4) is 0 Å². The Morgan fingerprint density at radius 1 is 1.35 bits per heavy atom. The number of nitrogens with two attached hydrogens (primary N) is 1. The van der Waals surface area contributed by atoms with Crippen molar-refractivity contribution in [3.8, 4) is 0 Å². The van der Waals surface area contributed by atoms with Crippen LogP contribution in [0, 0.1) is 5.92 Å². The maximum atomic E-state index is 11.3. The molecule has 0 saturated carbocycles. The number of aryl methyl sites for hydroxylation is 1. The largest absolute Gasteiger partial charge is 0.369 e. The molecule has 1 aromatic carbocycles. The summed E-state index contributed by atoms with van der Waals surface area (Å²) in [5.41, 5.74) is 9.52. The molecule has 2 atom stereocenters. The quantitative estimate of drug-likeness (QED) is 0.897. The maximum Gasteiger partial charge on any atom is 0.220 e. The fraction of sp³-hybridized carbons (Fsp3) is 0.588. The first-order valence-corrected chi connectivity index (χ1v) is 7.71. The number of amides is 1. The normalized spacial score (nSPS) is 19.7. The van der Waals surface area contributed by atoms with Crippen LogP contribution in [0.15, 0.2) is 18.2 Å². The van der Waals surface area contributed by atoms with Crippen LogP contribution in [0.25, 0.3) is 0 Å². The molecule has 2 unspecified atom stereocenters. The van der Waals surface area contributed by atoms with Crippen LogP contribution in [0.5, 0.6) is 0 Å². The van der Waals surface area contributed by atoms with Crippen molar-refractivity contribution < 1.29 is 4.79 Å². The Hall–Kier alpha value is -1.35. The van der Waals surface area contributed by atoms with E-state index in [1.807, 2.05) is 0 Å². The average molecular weight is 274 g/mol. The number of nitrogens with zero attached hydrogens (tertiary/aromatic N) is 1. The highest BCUT2D eigenvalue weighted by molar-refractivity contribution is 5.77. The number of benzene rings is 1. The molecule has 0 heterocycles. The van der Waals surface area contributed by atoms with Gasteiger partial charge in [0.15, 0.2) is 0 Å². The Morgan fingerprint density at radius 3 is 2.65 bits per heavy atom. The van der Waals surface area contributed by atoms with E-state index in [1.165, 1.54) is 16.7 Å². The summed E-state index contributed by atoms with van der Waals surface area (Å²) in [4.78, 5) is 13.8. The van der Waals surface area contributed by atoms with Gasteiger partial charge in [-0.05, 0) is 56.0 Å². The lowest BCUT2D eigenvalue weighted by molar-refractivity contribution is -0.122. The van der Waals surface area contributed by atoms with Gasteiger partial charge < -0.3 is 5.73 Å². The molecule has 0 spiro atoms. The maximum absolute atomic E-state index is 11.3. The van der Waals surface area contributed by atoms with Gasteiger partial charge in [0.2, 0.25) is 5.91 Å². The lowest BCUT2D eigenvalue weighted by Crippen LogP contribution is -2.29. The van der Waals surface area contributed by atoms with E-state index in [0.717, 1.165) is 32.4 Å². The molecule has 3 nitrogen and oxygen atoms in total. The Morgan fingerprint density at radius 2 is 2.05 bits per heavy atom. The van der Waals surface area contributed by atoms with Crippen LogP contribution >= 0.6 is 0 Å². The Bertz CT molecular complexity index is 480. The average Bonchev–Trinajstić information content (AvgIpc) is 2.47. The van der Waals surface area contributed by atoms with Crippen molar-refractivity contribution in [2.24, 2.45) is 11.7 Å². The van der Waals surface area contributed by atoms with Gasteiger partial charge in [-0.25, -0.2) is 0 Å². The zero-order chi connectivity index (χ0) is 14.7. The number of carbonyl (C=O) groups excluding carboxylic acids is 1. The second-order valence-corrected chi connectivity index (χ2v) is 5.77. The lowest BCUT2D eigenvalue weighted by atomic mass is 9.82. The minimum Gasteiger partial charge on any atom is -0.369 e. The summed E-state index contributed by atoms with van der Waals surface area (Å²) in [6, 6.07) is 7.18. The molecule has 1 aliphatic carbocycles. The molecule has 20 heavy (non-hydrogen) atoms. The molecule has 110 valence electrons. The highest BCUT2D eigenvalue weighted by atomic mass is 16.1. The summed E-state index contributed by atoms with van der Waals surface area (Å²) in [5.74, 6) is -0.134. The molecule has 0 bridgehead atoms. The van der Waals surface area contributed by atoms with E-state index in [2.05, 4.69) is 43.9 Å². The third-order valence-electron chi connectivity index (χ3n) is 4.70. The smallest absolute Gasteiger partial charge is 0.220 e. The van der Waals surface area contributed by atoms with Crippen molar-refractivity contribution in [3.63, 3.8) is 0 Å². The van der Waals surface area contributed by atoms with Crippen molar-refractivity contribution in [1.29, 1.82) is 0 Å². The molecule has 0 aromatic heterocycles. The third-order valence-corrected chi connectivity index (χ3v) is 4.70. The van der Waals surface area contributed by atoms with Gasteiger partial charge in [-0.15, -0.1) is 0 Å². The highest BCUT2D eigenvalue weighted by Gasteiger charge is 2.23. The van der Waals surface area contributed by atoms with Crippen LogP contribution in [-0.4, -0.2) is 23.9 Å². The van der Waals surface area contributed by atoms with Crippen LogP contribution in [0.1, 0.15) is 49.9 Å². The minimum absolute atomic E-state index is 0.0218. The lowest BCUT2D eigenvalue weighted by Gasteiger charge is -2.29. The first kappa shape index (κ1) is 15.0. The van der Waals surface area contributed by atoms with Gasteiger partial charge in [0.1, 0.15) is 0 Å². The van der Waals surface area contributed by atoms with Gasteiger partial charge in [0, 0.05) is 12.0 Å². The predicted octanol–water partition coefficient (Wildman–Crippen LogP) is 2.68. The highest BCUT2D eigenvalue weighted by Crippen LogP contribution is 2.29. The fourth-order valence-electron chi connectivity index (χ4n) is 3.26. The van der Waals surface area contributed by atoms with Gasteiger partial charge in [0.05, 0.1) is 0 Å². The first-order chi connectivity index (χ1) is 9.56. The molecule has 1 aromatic rings. The first-order valence-electron chi connectivity index (χ1n) is 7.71. The van der Waals surface area contributed by atoms with E-state index in [9.17, 15) is 4.79 Å². The standard InChI is InChI=1S/C17H26N2O/c1-4-19(5-2)12(3)13-6-7-15-11-16(17(18)20)9-8-14(15)10-13/h6-7,10,12,16H,4-5,8-9,11H2,1-3H3,(H2,18,20). The second-order valence-electron chi connectivity index (χ2n) is 5.77. The minimum atomic E-state index is -0.156. The number of primary amides is 1. The van der Waals surface area contributed by atoms with E-state index in [1.54, 1.807) is 0 Å². The van der Waals surface area contributed by atoms with Crippen molar-refractivity contribution in [1.82, 2.24) is 4.90 Å². The van der Waals surface area contributed by atoms with Gasteiger partial charge in [-0.1, -0.05) is 32.0 Å². The van der Waals surface area contributed by atoms with E-state index in [4.69, 9.17) is 5.73 Å². The summed E-state index contributed by atoms with van der Waals surface area (Å²) >= 11 is 0. The molecule has 0 fully saturated rings. The predicted molar refractivity (Wildman–Crippen MR) is 82.5 cm³/mol. The summed E-state index contributed by atoms with van der Waals surface area (Å²) in [7, 11) is 0. The van der Waals surface area contributed by atoms with Crippen molar-refractivity contribution in [2.45, 2.75) is 46.1 Å². The van der Waals surface area contributed by atoms with Crippen molar-refractivity contribution in [2.75, 3.05) is 13.1 Å². The number of carbonyl (C=O) groups is 1. The zero-order valence-corrected chi connectivity index (χ0v) is 12.9. The van der Waals surface area contributed by atoms with Crippen LogP contribution in [0.2, 0.25) is 0 Å². The molecule has 2 N–H and O–H groups in total. The van der Waals surface area contributed by atoms with E-state index >= 15 is 0 Å². The van der Waals surface area contributed by atoms with E-state index < -0.39 is 0 Å². The Balaban J connectivity index is 2.19. The topological polar surface area (TPSA) is 46.3 Å². The SMILES string of the molecule is CCN(CC)C(C)c1ccc2c(c1)CCC(C(N)=O)C2. The molecule has 2 rings (SSSR count). The van der Waals surface area contributed by atoms with Gasteiger partial charge in [-0.3, -0.25) is 9.69 Å². The molecule has 0 aliphatic heterocycles.